The van der Waals surface area contributed by atoms with Crippen LogP contribution in [-0.4, -0.2) is 45.3 Å². The van der Waals surface area contributed by atoms with Crippen molar-refractivity contribution in [3.05, 3.63) is 185 Å². The Morgan fingerprint density at radius 3 is 0.333 bits per heavy atom. The predicted octanol–water partition coefficient (Wildman–Crippen LogP) is 16.5. The van der Waals surface area contributed by atoms with E-state index in [1.54, 1.807) is 0 Å². The zero-order valence-corrected chi connectivity index (χ0v) is 53.5. The van der Waals surface area contributed by atoms with Crippen molar-refractivity contribution in [3.8, 4) is 0 Å². The number of aryl methyl sites for hydroxylation is 14. The maximum absolute atomic E-state index is 4.43. The van der Waals surface area contributed by atoms with Crippen molar-refractivity contribution in [1.29, 1.82) is 0 Å². The van der Waals surface area contributed by atoms with E-state index < -0.39 is 0 Å². The van der Waals surface area contributed by atoms with Crippen LogP contribution < -0.4 is 0 Å². The molecule has 0 aliphatic carbocycles. The van der Waals surface area contributed by atoms with Crippen molar-refractivity contribution >= 4 is 0 Å². The van der Waals surface area contributed by atoms with Crippen LogP contribution in [0, 0.1) is 228 Å². The molecule has 9 heteroatoms. The van der Waals surface area contributed by atoms with Crippen LogP contribution >= 0.6 is 0 Å². The second-order valence-corrected chi connectivity index (χ2v) is 21.0. The van der Waals surface area contributed by atoms with Gasteiger partial charge in [0.1, 0.15) is 0 Å². The Hall–Kier alpha value is -6.09. The minimum atomic E-state index is 1.03. The van der Waals surface area contributed by atoms with Gasteiger partial charge in [0, 0.05) is 34.2 Å². The summed E-state index contributed by atoms with van der Waals surface area (Å²) in [6, 6.07) is 0. The first-order valence-corrected chi connectivity index (χ1v) is 26.5. The van der Waals surface area contributed by atoms with Gasteiger partial charge in [-0.3, -0.25) is 24.9 Å². The second kappa shape index (κ2) is 29.3. The van der Waals surface area contributed by atoms with Gasteiger partial charge in [-0.2, -0.15) is 20.4 Å². The molecular formula is C66H99N9. The summed E-state index contributed by atoms with van der Waals surface area (Å²) in [5, 5.41) is 16.0. The first-order valence-electron chi connectivity index (χ1n) is 26.5. The molecule has 7 rings (SSSR count). The first kappa shape index (κ1) is 66.9. The van der Waals surface area contributed by atoms with Crippen LogP contribution in [0.15, 0.2) is 0 Å². The molecule has 0 unspecified atom stereocenters. The molecule has 0 saturated carbocycles. The average molecular weight is 1020 g/mol. The van der Waals surface area contributed by atoms with Crippen LogP contribution in [0.25, 0.3) is 0 Å². The van der Waals surface area contributed by atoms with E-state index in [0.717, 1.165) is 79.7 Å². The topological polar surface area (TPSA) is 116 Å². The maximum Gasteiger partial charge on any atom is 0.0632 e. The highest BCUT2D eigenvalue weighted by atomic mass is 15.1. The molecule has 0 radical (unpaired) electrons. The van der Waals surface area contributed by atoms with E-state index in [0.29, 0.717) is 0 Å². The fourth-order valence-electron chi connectivity index (χ4n) is 7.93. The van der Waals surface area contributed by atoms with Crippen molar-refractivity contribution in [2.24, 2.45) is 0 Å². The van der Waals surface area contributed by atoms with Gasteiger partial charge in [-0.15, -0.1) is 0 Å². The summed E-state index contributed by atoms with van der Waals surface area (Å²) in [7, 11) is 0. The molecule has 0 spiro atoms. The van der Waals surface area contributed by atoms with Crippen LogP contribution in [0.3, 0.4) is 0 Å². The van der Waals surface area contributed by atoms with Gasteiger partial charge in [0.25, 0.3) is 0 Å². The lowest BCUT2D eigenvalue weighted by Crippen LogP contribution is -1.98. The summed E-state index contributed by atoms with van der Waals surface area (Å²) in [6.07, 6.45) is 0. The van der Waals surface area contributed by atoms with Crippen LogP contribution in [0.2, 0.25) is 0 Å². The molecule has 6 aromatic heterocycles. The Morgan fingerprint density at radius 2 is 0.200 bits per heavy atom. The smallest absolute Gasteiger partial charge is 0.0632 e. The molecule has 408 valence electrons. The Balaban J connectivity index is 0.000000438. The van der Waals surface area contributed by atoms with Gasteiger partial charge in [-0.1, -0.05) is 0 Å². The molecule has 0 aliphatic heterocycles. The van der Waals surface area contributed by atoms with E-state index in [4.69, 9.17) is 0 Å². The fraction of sp³-hybridized carbons (Fsp3) is 0.500. The van der Waals surface area contributed by atoms with Crippen molar-refractivity contribution in [2.75, 3.05) is 0 Å². The third-order valence-electron chi connectivity index (χ3n) is 16.7. The second-order valence-electron chi connectivity index (χ2n) is 21.0. The Bertz CT molecular complexity index is 2630. The van der Waals surface area contributed by atoms with Crippen molar-refractivity contribution in [1.82, 2.24) is 45.3 Å². The molecule has 7 aromatic rings. The SMILES string of the molecule is Cc1c(C)c(C)c(C)c(C)c1C.Cc1nc(C)c(C)c(C)c1C.Cc1nc(C)c(C)c(C)c1C.Cc1nc(C)c(C)c(C)c1C.Cc1nc(C)c(C)nc1C.Cc1nnc(C)c(C)c1C.Cc1nnc(C)c(C)c1C. The summed E-state index contributed by atoms with van der Waals surface area (Å²) in [4.78, 5) is 21.9. The monoisotopic (exact) mass is 1020 g/mol. The zero-order chi connectivity index (χ0) is 58.4. The summed E-state index contributed by atoms with van der Waals surface area (Å²) < 4.78 is 0. The molecule has 0 amide bonds. The van der Waals surface area contributed by atoms with E-state index >= 15 is 0 Å². The van der Waals surface area contributed by atoms with E-state index in [1.807, 2.05) is 55.4 Å². The first-order chi connectivity index (χ1) is 34.4. The summed E-state index contributed by atoms with van der Waals surface area (Å²) >= 11 is 0. The van der Waals surface area contributed by atoms with Gasteiger partial charge < -0.3 is 0 Å². The number of benzene rings is 1. The Labute approximate surface area is 457 Å². The van der Waals surface area contributed by atoms with Gasteiger partial charge in [0.05, 0.1) is 45.6 Å². The highest BCUT2D eigenvalue weighted by Crippen LogP contribution is 2.25. The lowest BCUT2D eigenvalue weighted by atomic mass is 9.90. The largest absolute Gasteiger partial charge is 0.258 e. The van der Waals surface area contributed by atoms with Gasteiger partial charge in [0.15, 0.2) is 0 Å². The molecule has 0 fully saturated rings. The van der Waals surface area contributed by atoms with E-state index in [-0.39, 0.29) is 0 Å². The van der Waals surface area contributed by atoms with Crippen LogP contribution in [0.1, 0.15) is 185 Å². The zero-order valence-electron chi connectivity index (χ0n) is 53.5. The maximum atomic E-state index is 4.43. The van der Waals surface area contributed by atoms with Gasteiger partial charge in [-0.25, -0.2) is 0 Å². The minimum absolute atomic E-state index is 1.03. The molecule has 0 bridgehead atoms. The fourth-order valence-corrected chi connectivity index (χ4v) is 7.93. The van der Waals surface area contributed by atoms with Crippen molar-refractivity contribution < 1.29 is 0 Å². The highest BCUT2D eigenvalue weighted by molar-refractivity contribution is 5.48. The number of rotatable bonds is 0. The molecule has 9 nitrogen and oxygen atoms in total. The molecule has 6 heterocycles. The van der Waals surface area contributed by atoms with E-state index in [9.17, 15) is 0 Å². The van der Waals surface area contributed by atoms with Crippen molar-refractivity contribution in [2.45, 2.75) is 228 Å². The number of pyridine rings is 3. The quantitative estimate of drug-likeness (QED) is 0.146. The Morgan fingerprint density at radius 1 is 0.107 bits per heavy atom. The molecule has 0 aliphatic rings. The molecule has 0 atom stereocenters. The lowest BCUT2D eigenvalue weighted by Gasteiger charge is -2.15. The molecule has 0 saturated heterocycles. The third-order valence-corrected chi connectivity index (χ3v) is 16.7. The number of hydrogen-bond donors (Lipinski definition) is 0. The molecule has 0 N–H and O–H groups in total. The highest BCUT2D eigenvalue weighted by Gasteiger charge is 2.09. The van der Waals surface area contributed by atoms with E-state index in [1.165, 1.54) is 106 Å². The normalized spacial score (nSPS) is 10.2. The molecule has 75 heavy (non-hydrogen) atoms. The van der Waals surface area contributed by atoms with Crippen LogP contribution in [0.5, 0.6) is 0 Å². The van der Waals surface area contributed by atoms with Gasteiger partial charge >= 0.3 is 0 Å². The average Bonchev–Trinajstić information content (AvgIpc) is 3.37. The van der Waals surface area contributed by atoms with Gasteiger partial charge in [-0.05, 0) is 334 Å². The summed E-state index contributed by atoms with van der Waals surface area (Å²) in [5.41, 5.74) is 41.1. The summed E-state index contributed by atoms with van der Waals surface area (Å²) in [6.45, 7) is 69.1. The number of hydrogen-bond acceptors (Lipinski definition) is 9. The molecular weight excluding hydrogens is 919 g/mol. The standard InChI is InChI=1S/C12H18.3C10H15N.3C8H12N2/c1-7-8(2)10(4)12(6)11(5)9(7)3;3*1-6-7(2)9(4)11-10(5)8(6)3;1-5-6(2)10-8(4)7(3)9-5;2*1-5-6(2)8(4)10-9-7(5)3/h1-6H3;3*1-5H3;3*1-4H3. The Kier molecular flexibility index (Phi) is 26.1. The molecule has 1 aromatic carbocycles. The number of nitrogens with zero attached hydrogens (tertiary/aromatic N) is 9. The lowest BCUT2D eigenvalue weighted by molar-refractivity contribution is 0.905. The minimum Gasteiger partial charge on any atom is -0.258 e. The third kappa shape index (κ3) is 18.0. The van der Waals surface area contributed by atoms with Crippen LogP contribution in [0.4, 0.5) is 0 Å². The van der Waals surface area contributed by atoms with Crippen molar-refractivity contribution in [3.63, 3.8) is 0 Å². The van der Waals surface area contributed by atoms with E-state index in [2.05, 4.69) is 218 Å². The van der Waals surface area contributed by atoms with Gasteiger partial charge in [0.2, 0.25) is 0 Å². The summed E-state index contributed by atoms with van der Waals surface area (Å²) in [5.74, 6) is 0. The predicted molar refractivity (Wildman–Crippen MR) is 322 cm³/mol. The number of aromatic nitrogens is 9. The van der Waals surface area contributed by atoms with Crippen LogP contribution in [-0.2, 0) is 0 Å².